The molecule has 0 radical (unpaired) electrons. The minimum absolute atomic E-state index is 0.0403. The van der Waals surface area contributed by atoms with Crippen LogP contribution in [-0.2, 0) is 37.1 Å². The molecule has 6 heterocycles. The molecule has 2 aliphatic heterocycles. The van der Waals surface area contributed by atoms with Crippen molar-refractivity contribution in [2.45, 2.75) is 44.3 Å². The summed E-state index contributed by atoms with van der Waals surface area (Å²) >= 11 is 3.54. The number of pyridine rings is 1. The van der Waals surface area contributed by atoms with Crippen molar-refractivity contribution in [1.82, 2.24) is 23.8 Å². The number of β-lactam (4-membered cyclic amide) rings is 1. The van der Waals surface area contributed by atoms with Crippen LogP contribution in [0.4, 0.5) is 5.13 Å². The molecule has 1 fully saturated rings. The van der Waals surface area contributed by atoms with Crippen molar-refractivity contribution in [3.8, 4) is 0 Å². The largest absolute Gasteiger partial charge is 0.478 e. The minimum atomic E-state index is -1.78. The Hall–Kier alpha value is -5.21. The summed E-state index contributed by atoms with van der Waals surface area (Å²) in [6.07, 6.45) is 5.28. The lowest BCUT2D eigenvalue weighted by molar-refractivity contribution is -0.687. The van der Waals surface area contributed by atoms with Gasteiger partial charge >= 0.3 is 11.9 Å². The first-order valence-electron chi connectivity index (χ1n) is 14.5. The van der Waals surface area contributed by atoms with Crippen molar-refractivity contribution < 1.29 is 38.8 Å². The molecule has 0 spiro atoms. The molecule has 254 valence electrons. The van der Waals surface area contributed by atoms with Crippen molar-refractivity contribution in [3.05, 3.63) is 63.9 Å². The molecule has 0 saturated carbocycles. The van der Waals surface area contributed by atoms with E-state index in [2.05, 4.69) is 19.5 Å². The number of nitrogen functional groups attached to an aromatic ring is 2. The number of fused-ring (bicyclic) bond motifs is 2. The maximum atomic E-state index is 13.4. The normalized spacial score (nSPS) is 18.0. The summed E-state index contributed by atoms with van der Waals surface area (Å²) in [6, 6.07) is 3.87. The molecule has 17 nitrogen and oxygen atoms in total. The monoisotopic (exact) mass is 725 g/mol. The van der Waals surface area contributed by atoms with Crippen molar-refractivity contribution in [2.75, 3.05) is 11.5 Å². The number of amides is 1. The fraction of sp³-hybridized carbons (Fsp3) is 0.310. The third-order valence-electron chi connectivity index (χ3n) is 7.84. The van der Waals surface area contributed by atoms with Crippen LogP contribution in [0.2, 0.25) is 0 Å². The summed E-state index contributed by atoms with van der Waals surface area (Å²) in [6.45, 7) is 3.15. The van der Waals surface area contributed by atoms with Gasteiger partial charge in [0, 0.05) is 52.3 Å². The highest BCUT2D eigenvalue weighted by atomic mass is 32.2. The number of ketones is 1. The van der Waals surface area contributed by atoms with Gasteiger partial charge in [-0.3, -0.25) is 19.9 Å². The molecule has 7 N–H and O–H groups in total. The Balaban J connectivity index is 1.21. The third-order valence-corrected chi connectivity index (χ3v) is 10.6. The molecule has 4 aromatic rings. The molecule has 0 unspecified atom stereocenters. The molecule has 2 atom stereocenters. The molecule has 49 heavy (non-hydrogen) atoms. The fourth-order valence-electron chi connectivity index (χ4n) is 5.26. The van der Waals surface area contributed by atoms with Crippen LogP contribution in [0, 0.1) is 11.3 Å². The lowest BCUT2D eigenvalue weighted by Crippen LogP contribution is -2.62. The van der Waals surface area contributed by atoms with Crippen LogP contribution in [0.1, 0.15) is 36.8 Å². The van der Waals surface area contributed by atoms with E-state index in [-0.39, 0.29) is 35.5 Å². The summed E-state index contributed by atoms with van der Waals surface area (Å²) in [4.78, 5) is 65.6. The van der Waals surface area contributed by atoms with Crippen LogP contribution in [0.3, 0.4) is 0 Å². The Morgan fingerprint density at radius 2 is 2.02 bits per heavy atom. The summed E-state index contributed by atoms with van der Waals surface area (Å²) in [5.74, 6) is -4.67. The van der Waals surface area contributed by atoms with E-state index < -0.39 is 46.2 Å². The smallest absolute Gasteiger partial charge is 0.352 e. The maximum Gasteiger partial charge on any atom is 0.352 e. The highest BCUT2D eigenvalue weighted by Gasteiger charge is 2.54. The average molecular weight is 726 g/mol. The van der Waals surface area contributed by atoms with Crippen LogP contribution in [-0.4, -0.2) is 85.9 Å². The number of anilines is 1. The van der Waals surface area contributed by atoms with E-state index >= 15 is 0 Å². The van der Waals surface area contributed by atoms with E-state index in [9.17, 15) is 29.4 Å². The molecule has 6 rings (SSSR count). The fourth-order valence-corrected chi connectivity index (χ4v) is 7.89. The van der Waals surface area contributed by atoms with E-state index in [1.807, 2.05) is 39.9 Å². The second-order valence-corrected chi connectivity index (χ2v) is 14.5. The first-order valence-corrected chi connectivity index (χ1v) is 17.2. The minimum Gasteiger partial charge on any atom is -0.478 e. The van der Waals surface area contributed by atoms with E-state index in [0.717, 1.165) is 27.4 Å². The highest BCUT2D eigenvalue weighted by Crippen LogP contribution is 2.45. The summed E-state index contributed by atoms with van der Waals surface area (Å²) < 4.78 is 7.83. The number of Topliss-reactive ketones (excluding diaryl/α,β-unsaturated/α-hetero) is 1. The second kappa shape index (κ2) is 13.0. The topological polar surface area (TPSA) is 257 Å². The number of amidine groups is 1. The zero-order valence-electron chi connectivity index (χ0n) is 25.9. The van der Waals surface area contributed by atoms with E-state index in [1.54, 1.807) is 5.38 Å². The van der Waals surface area contributed by atoms with Crippen molar-refractivity contribution >= 4 is 85.8 Å². The zero-order chi connectivity index (χ0) is 35.2. The van der Waals surface area contributed by atoms with Crippen molar-refractivity contribution in [1.29, 1.82) is 5.41 Å². The Morgan fingerprint density at radius 1 is 1.24 bits per heavy atom. The number of thiazole rings is 1. The second-order valence-electron chi connectivity index (χ2n) is 11.6. The van der Waals surface area contributed by atoms with Gasteiger partial charge in [-0.2, -0.15) is 13.9 Å². The van der Waals surface area contributed by atoms with Gasteiger partial charge in [-0.15, -0.1) is 23.1 Å². The van der Waals surface area contributed by atoms with Gasteiger partial charge < -0.3 is 31.1 Å². The molecule has 20 heteroatoms. The van der Waals surface area contributed by atoms with E-state index in [0.29, 0.717) is 23.6 Å². The first kappa shape index (κ1) is 33.7. The number of thioether (sulfide) groups is 1. The number of carboxylic acids is 2. The zero-order valence-corrected chi connectivity index (χ0v) is 28.3. The number of carbonyl (C=O) groups is 4. The molecule has 0 bridgehead atoms. The number of hydrogen-bond acceptors (Lipinski definition) is 14. The van der Waals surface area contributed by atoms with Gasteiger partial charge in [-0.1, -0.05) is 5.16 Å². The number of oxime groups is 1. The van der Waals surface area contributed by atoms with Gasteiger partial charge in [0.15, 0.2) is 35.6 Å². The maximum absolute atomic E-state index is 13.4. The molecule has 1 amide bonds. The Morgan fingerprint density at radius 3 is 2.67 bits per heavy atom. The van der Waals surface area contributed by atoms with E-state index in [1.165, 1.54) is 41.8 Å². The quantitative estimate of drug-likeness (QED) is 0.0428. The predicted octanol–water partition coefficient (Wildman–Crippen LogP) is 1.26. The Kier molecular flexibility index (Phi) is 8.94. The van der Waals surface area contributed by atoms with Gasteiger partial charge in [0.1, 0.15) is 27.8 Å². The van der Waals surface area contributed by atoms with Crippen LogP contribution in [0.5, 0.6) is 0 Å². The van der Waals surface area contributed by atoms with Gasteiger partial charge in [-0.25, -0.2) is 14.6 Å². The summed E-state index contributed by atoms with van der Waals surface area (Å²) in [5.41, 5.74) is 10.8. The number of carbonyl (C=O) groups excluding carboxylic acids is 2. The first-order chi connectivity index (χ1) is 23.2. The van der Waals surface area contributed by atoms with Crippen molar-refractivity contribution in [2.24, 2.45) is 16.8 Å². The van der Waals surface area contributed by atoms with Gasteiger partial charge in [0.2, 0.25) is 17.3 Å². The standard InChI is InChI=1S/C29H28N10O7S3/c1-29(2,27(44)45)46-35-20(23-34-28(32)49-36-23)18(40)7-15-24(41)39-21(26(42)43)14(11-48-25(15)39)8-37-5-3-13-4-6-38(17(13)9-37)10-19-33-16(12-47-19)22(30)31/h3-6,9,12,15,25H,7-8,10-11H2,1-2H3,(H6-,30,31,32,34,36,42,43,44,45)/p+1/b35-20+/t15-,25-/m1/s1. The lowest BCUT2D eigenvalue weighted by atomic mass is 9.89. The Bertz CT molecular complexity index is 2100. The number of aliphatic carboxylic acids is 2. The van der Waals surface area contributed by atoms with Gasteiger partial charge in [0.25, 0.3) is 0 Å². The summed E-state index contributed by atoms with van der Waals surface area (Å²) in [7, 11) is 0. The molecule has 4 aromatic heterocycles. The predicted molar refractivity (Wildman–Crippen MR) is 179 cm³/mol. The number of nitrogens with one attached hydrogen (secondary N) is 1. The third kappa shape index (κ3) is 6.61. The molecule has 2 aliphatic rings. The SMILES string of the molecule is CC(C)(O/N=C(\C(=O)C[C@@H]1C(=O)N2C(C(=O)O)=C(C[n+]3ccc4ccn(Cc5nc(C(=N)N)cs5)c4c3)CS[C@H]12)c1nsc(N)n1)C(=O)O. The number of nitrogens with zero attached hydrogens (tertiary/aromatic N) is 7. The molecule has 0 aromatic carbocycles. The molecular weight excluding hydrogens is 697 g/mol. The van der Waals surface area contributed by atoms with E-state index in [4.69, 9.17) is 21.7 Å². The summed E-state index contributed by atoms with van der Waals surface area (Å²) in [5, 5.41) is 33.8. The van der Waals surface area contributed by atoms with Crippen LogP contribution in [0.15, 0.2) is 52.5 Å². The number of aromatic nitrogens is 5. The molecule has 0 aliphatic carbocycles. The van der Waals surface area contributed by atoms with Gasteiger partial charge in [0.05, 0.1) is 17.8 Å². The van der Waals surface area contributed by atoms with Crippen LogP contribution in [0.25, 0.3) is 10.9 Å². The van der Waals surface area contributed by atoms with Gasteiger partial charge in [-0.05, 0) is 19.9 Å². The van der Waals surface area contributed by atoms with Crippen LogP contribution < -0.4 is 16.0 Å². The number of hydrogen-bond donors (Lipinski definition) is 5. The molecular formula is C29H29N10O7S3+. The van der Waals surface area contributed by atoms with Crippen LogP contribution >= 0.6 is 34.6 Å². The Labute approximate surface area is 289 Å². The lowest BCUT2D eigenvalue weighted by Gasteiger charge is -2.49. The number of rotatable bonds is 13. The number of nitrogens with two attached hydrogens (primary N) is 2. The average Bonchev–Trinajstić information content (AvgIpc) is 3.80. The number of carboxylic acid groups (broad SMARTS) is 2. The van der Waals surface area contributed by atoms with Crippen molar-refractivity contribution in [3.63, 3.8) is 0 Å². The highest BCUT2D eigenvalue weighted by molar-refractivity contribution is 8.00. The molecule has 1 saturated heterocycles.